The predicted molar refractivity (Wildman–Crippen MR) is 75.5 cm³/mol. The van der Waals surface area contributed by atoms with Crippen molar-refractivity contribution in [2.24, 2.45) is 0 Å². The highest BCUT2D eigenvalue weighted by atomic mass is 32.1. The summed E-state index contributed by atoms with van der Waals surface area (Å²) in [6.45, 7) is 4.11. The van der Waals surface area contributed by atoms with Gasteiger partial charge in [0.25, 0.3) is 0 Å². The van der Waals surface area contributed by atoms with E-state index in [9.17, 15) is 0 Å². The van der Waals surface area contributed by atoms with Crippen LogP contribution in [0, 0.1) is 13.8 Å². The summed E-state index contributed by atoms with van der Waals surface area (Å²) in [7, 11) is 3.66. The monoisotopic (exact) mass is 262 g/mol. The molecule has 18 heavy (non-hydrogen) atoms. The van der Waals surface area contributed by atoms with Crippen molar-refractivity contribution >= 4 is 11.3 Å². The summed E-state index contributed by atoms with van der Waals surface area (Å²) in [6.07, 6.45) is 0. The Morgan fingerprint density at radius 1 is 1.22 bits per heavy atom. The average Bonchev–Trinajstić information content (AvgIpc) is 2.70. The number of aromatic nitrogens is 1. The van der Waals surface area contributed by atoms with Gasteiger partial charge in [0.1, 0.15) is 5.75 Å². The zero-order valence-electron chi connectivity index (χ0n) is 11.2. The second-order valence-corrected chi connectivity index (χ2v) is 5.41. The first-order chi connectivity index (χ1) is 8.65. The lowest BCUT2D eigenvalue weighted by Gasteiger charge is -2.16. The van der Waals surface area contributed by atoms with E-state index in [1.54, 1.807) is 18.4 Å². The Morgan fingerprint density at radius 2 is 1.89 bits per heavy atom. The van der Waals surface area contributed by atoms with Crippen molar-refractivity contribution in [3.05, 3.63) is 45.4 Å². The van der Waals surface area contributed by atoms with Gasteiger partial charge in [-0.15, -0.1) is 11.3 Å². The molecule has 0 amide bonds. The van der Waals surface area contributed by atoms with E-state index >= 15 is 0 Å². The fourth-order valence-electron chi connectivity index (χ4n) is 2.06. The molecule has 0 saturated heterocycles. The second kappa shape index (κ2) is 5.50. The van der Waals surface area contributed by atoms with Crippen LogP contribution < -0.4 is 10.1 Å². The number of nitrogens with one attached hydrogen (secondary N) is 1. The Kier molecular flexibility index (Phi) is 3.99. The van der Waals surface area contributed by atoms with Crippen molar-refractivity contribution < 1.29 is 4.74 Å². The van der Waals surface area contributed by atoms with Crippen LogP contribution >= 0.6 is 11.3 Å². The third-order valence-corrected chi connectivity index (χ3v) is 4.08. The molecule has 1 heterocycles. The lowest BCUT2D eigenvalue weighted by molar-refractivity contribution is 0.414. The van der Waals surface area contributed by atoms with Crippen molar-refractivity contribution in [2.45, 2.75) is 19.9 Å². The molecule has 2 rings (SSSR count). The zero-order chi connectivity index (χ0) is 13.1. The maximum absolute atomic E-state index is 5.19. The van der Waals surface area contributed by atoms with E-state index in [-0.39, 0.29) is 6.04 Å². The normalized spacial score (nSPS) is 12.4. The summed E-state index contributed by atoms with van der Waals surface area (Å²) in [5.74, 6) is 0.880. The molecule has 1 N–H and O–H groups in total. The predicted octanol–water partition coefficient (Wildman–Crippen LogP) is 3.08. The van der Waals surface area contributed by atoms with Gasteiger partial charge < -0.3 is 10.1 Å². The molecule has 0 spiro atoms. The van der Waals surface area contributed by atoms with Gasteiger partial charge in [0.05, 0.1) is 23.9 Å². The molecule has 1 aromatic heterocycles. The number of thiazole rings is 1. The van der Waals surface area contributed by atoms with E-state index in [2.05, 4.69) is 29.4 Å². The molecule has 96 valence electrons. The maximum Gasteiger partial charge on any atom is 0.118 e. The Labute approximate surface area is 112 Å². The van der Waals surface area contributed by atoms with E-state index in [0.717, 1.165) is 16.5 Å². The minimum Gasteiger partial charge on any atom is -0.497 e. The van der Waals surface area contributed by atoms with Gasteiger partial charge in [-0.25, -0.2) is 4.98 Å². The standard InChI is InChI=1S/C14H18N2OS/c1-9-14(18-10(2)16-9)13(15-3)11-5-7-12(17-4)8-6-11/h5-8,13,15H,1-4H3. The van der Waals surface area contributed by atoms with Gasteiger partial charge in [-0.1, -0.05) is 12.1 Å². The minimum absolute atomic E-state index is 0.196. The quantitative estimate of drug-likeness (QED) is 0.919. The smallest absolute Gasteiger partial charge is 0.118 e. The number of ether oxygens (including phenoxy) is 1. The third kappa shape index (κ3) is 2.54. The molecular weight excluding hydrogens is 244 g/mol. The van der Waals surface area contributed by atoms with Crippen LogP contribution in [0.1, 0.15) is 27.2 Å². The molecule has 0 aliphatic carbocycles. The molecule has 2 aromatic rings. The molecule has 0 saturated carbocycles. The first-order valence-corrected chi connectivity index (χ1v) is 6.72. The fraction of sp³-hybridized carbons (Fsp3) is 0.357. The first-order valence-electron chi connectivity index (χ1n) is 5.91. The van der Waals surface area contributed by atoms with E-state index < -0.39 is 0 Å². The Balaban J connectivity index is 2.35. The zero-order valence-corrected chi connectivity index (χ0v) is 12.0. The van der Waals surface area contributed by atoms with E-state index in [4.69, 9.17) is 4.74 Å². The number of aryl methyl sites for hydroxylation is 2. The van der Waals surface area contributed by atoms with Crippen molar-refractivity contribution in [3.8, 4) is 5.75 Å². The highest BCUT2D eigenvalue weighted by Gasteiger charge is 2.17. The number of hydrogen-bond donors (Lipinski definition) is 1. The molecule has 0 aliphatic heterocycles. The van der Waals surface area contributed by atoms with Crippen LogP contribution in [0.5, 0.6) is 5.75 Å². The Bertz CT molecular complexity index is 519. The van der Waals surface area contributed by atoms with Crippen LogP contribution in [0.4, 0.5) is 0 Å². The van der Waals surface area contributed by atoms with Crippen LogP contribution in [0.25, 0.3) is 0 Å². The van der Waals surface area contributed by atoms with E-state index in [0.29, 0.717) is 0 Å². The van der Waals surface area contributed by atoms with E-state index in [1.807, 2.05) is 26.1 Å². The van der Waals surface area contributed by atoms with Gasteiger partial charge in [0.2, 0.25) is 0 Å². The second-order valence-electron chi connectivity index (χ2n) is 4.18. The molecule has 1 unspecified atom stereocenters. The average molecular weight is 262 g/mol. The van der Waals surface area contributed by atoms with Crippen molar-refractivity contribution in [1.29, 1.82) is 0 Å². The van der Waals surface area contributed by atoms with Gasteiger partial charge in [-0.2, -0.15) is 0 Å². The minimum atomic E-state index is 0.196. The number of methoxy groups -OCH3 is 1. The van der Waals surface area contributed by atoms with Crippen molar-refractivity contribution in [1.82, 2.24) is 10.3 Å². The molecule has 3 nitrogen and oxygen atoms in total. The molecule has 0 aliphatic rings. The number of nitrogens with zero attached hydrogens (tertiary/aromatic N) is 1. The van der Waals surface area contributed by atoms with Gasteiger partial charge in [0.15, 0.2) is 0 Å². The number of benzene rings is 1. The Morgan fingerprint density at radius 3 is 2.33 bits per heavy atom. The van der Waals surface area contributed by atoms with Crippen molar-refractivity contribution in [3.63, 3.8) is 0 Å². The van der Waals surface area contributed by atoms with Gasteiger partial charge in [0, 0.05) is 4.88 Å². The number of hydrogen-bond acceptors (Lipinski definition) is 4. The molecule has 0 bridgehead atoms. The van der Waals surface area contributed by atoms with Crippen LogP contribution in [-0.4, -0.2) is 19.1 Å². The van der Waals surface area contributed by atoms with Crippen molar-refractivity contribution in [2.75, 3.05) is 14.2 Å². The highest BCUT2D eigenvalue weighted by Crippen LogP contribution is 2.30. The molecular formula is C14H18N2OS. The lowest BCUT2D eigenvalue weighted by Crippen LogP contribution is -2.17. The molecule has 1 atom stereocenters. The number of rotatable bonds is 4. The summed E-state index contributed by atoms with van der Waals surface area (Å²) in [5, 5.41) is 4.46. The summed E-state index contributed by atoms with van der Waals surface area (Å²) < 4.78 is 5.19. The highest BCUT2D eigenvalue weighted by molar-refractivity contribution is 7.11. The Hall–Kier alpha value is -1.39. The van der Waals surface area contributed by atoms with Gasteiger partial charge in [-0.3, -0.25) is 0 Å². The summed E-state index contributed by atoms with van der Waals surface area (Å²) in [4.78, 5) is 5.77. The van der Waals surface area contributed by atoms with Crippen LogP contribution in [0.2, 0.25) is 0 Å². The summed E-state index contributed by atoms with van der Waals surface area (Å²) in [5.41, 5.74) is 2.33. The van der Waals surface area contributed by atoms with Crippen LogP contribution in [0.15, 0.2) is 24.3 Å². The van der Waals surface area contributed by atoms with Crippen LogP contribution in [0.3, 0.4) is 0 Å². The molecule has 1 aromatic carbocycles. The fourth-order valence-corrected chi connectivity index (χ4v) is 3.13. The van der Waals surface area contributed by atoms with Gasteiger partial charge >= 0.3 is 0 Å². The largest absolute Gasteiger partial charge is 0.497 e. The molecule has 0 fully saturated rings. The SMILES string of the molecule is CNC(c1ccc(OC)cc1)c1sc(C)nc1C. The summed E-state index contributed by atoms with van der Waals surface area (Å²) >= 11 is 1.75. The maximum atomic E-state index is 5.19. The molecule has 4 heteroatoms. The van der Waals surface area contributed by atoms with E-state index in [1.165, 1.54) is 10.4 Å². The van der Waals surface area contributed by atoms with Gasteiger partial charge in [-0.05, 0) is 38.6 Å². The first kappa shape index (κ1) is 13.1. The summed E-state index contributed by atoms with van der Waals surface area (Å²) in [6, 6.07) is 8.36. The topological polar surface area (TPSA) is 34.1 Å². The van der Waals surface area contributed by atoms with Crippen LogP contribution in [-0.2, 0) is 0 Å². The molecule has 0 radical (unpaired) electrons. The third-order valence-electron chi connectivity index (χ3n) is 2.94. The lowest BCUT2D eigenvalue weighted by atomic mass is 10.0.